The van der Waals surface area contributed by atoms with Gasteiger partial charge in [0.25, 0.3) is 11.8 Å². The molecular formula is C16H21N3O3. The molecule has 1 aromatic rings. The first-order valence-corrected chi connectivity index (χ1v) is 7.71. The van der Waals surface area contributed by atoms with Gasteiger partial charge in [-0.05, 0) is 44.4 Å². The van der Waals surface area contributed by atoms with Crippen LogP contribution in [0.3, 0.4) is 0 Å². The van der Waals surface area contributed by atoms with Crippen LogP contribution >= 0.6 is 0 Å². The van der Waals surface area contributed by atoms with E-state index in [9.17, 15) is 9.59 Å². The minimum absolute atomic E-state index is 0.115. The first kappa shape index (κ1) is 14.8. The van der Waals surface area contributed by atoms with Crippen LogP contribution in [0.15, 0.2) is 18.2 Å². The standard InChI is InChI=1S/C16H21N3O3/c1-9-15(20)19-13-7-3-5-11(14(13)22-9)16(21)18-12-6-2-4-10(12)8-17/h3,5,7,9-10,12H,2,4,6,8,17H2,1H3,(H,18,21)(H,19,20). The molecule has 22 heavy (non-hydrogen) atoms. The van der Waals surface area contributed by atoms with Gasteiger partial charge in [0.1, 0.15) is 0 Å². The van der Waals surface area contributed by atoms with Crippen molar-refractivity contribution < 1.29 is 14.3 Å². The predicted molar refractivity (Wildman–Crippen MR) is 82.8 cm³/mol. The molecule has 3 unspecified atom stereocenters. The lowest BCUT2D eigenvalue weighted by Gasteiger charge is -2.26. The molecule has 0 bridgehead atoms. The number of nitrogens with one attached hydrogen (secondary N) is 2. The second-order valence-corrected chi connectivity index (χ2v) is 5.94. The number of nitrogens with two attached hydrogens (primary N) is 1. The summed E-state index contributed by atoms with van der Waals surface area (Å²) < 4.78 is 5.62. The van der Waals surface area contributed by atoms with Crippen molar-refractivity contribution in [3.63, 3.8) is 0 Å². The molecule has 2 aliphatic rings. The van der Waals surface area contributed by atoms with Crippen molar-refractivity contribution in [1.82, 2.24) is 5.32 Å². The molecule has 1 heterocycles. The Morgan fingerprint density at radius 3 is 3.05 bits per heavy atom. The Bertz CT molecular complexity index is 602. The highest BCUT2D eigenvalue weighted by Crippen LogP contribution is 2.34. The van der Waals surface area contributed by atoms with Gasteiger partial charge in [-0.25, -0.2) is 0 Å². The highest BCUT2D eigenvalue weighted by molar-refractivity contribution is 6.04. The largest absolute Gasteiger partial charge is 0.478 e. The van der Waals surface area contributed by atoms with Gasteiger partial charge in [-0.3, -0.25) is 9.59 Å². The fourth-order valence-electron chi connectivity index (χ4n) is 3.16. The number of hydrogen-bond donors (Lipinski definition) is 3. The second kappa shape index (κ2) is 5.96. The van der Waals surface area contributed by atoms with Gasteiger partial charge in [0.05, 0.1) is 11.3 Å². The monoisotopic (exact) mass is 303 g/mol. The molecule has 0 radical (unpaired) electrons. The molecule has 1 aromatic carbocycles. The molecule has 1 aliphatic heterocycles. The lowest BCUT2D eigenvalue weighted by atomic mass is 10.0. The maximum absolute atomic E-state index is 12.6. The van der Waals surface area contributed by atoms with Crippen LogP contribution in [0.25, 0.3) is 0 Å². The van der Waals surface area contributed by atoms with Gasteiger partial charge in [-0.1, -0.05) is 12.5 Å². The number of carbonyl (C=O) groups is 2. The average Bonchev–Trinajstić information content (AvgIpc) is 2.95. The molecule has 3 rings (SSSR count). The minimum atomic E-state index is -0.607. The van der Waals surface area contributed by atoms with Gasteiger partial charge in [-0.2, -0.15) is 0 Å². The summed E-state index contributed by atoms with van der Waals surface area (Å²) in [6.45, 7) is 2.25. The van der Waals surface area contributed by atoms with Crippen LogP contribution in [-0.4, -0.2) is 30.5 Å². The zero-order valence-corrected chi connectivity index (χ0v) is 12.6. The fraction of sp³-hybridized carbons (Fsp3) is 0.500. The Morgan fingerprint density at radius 1 is 1.45 bits per heavy atom. The number of ether oxygens (including phenoxy) is 1. The van der Waals surface area contributed by atoms with Crippen LogP contribution in [0.2, 0.25) is 0 Å². The Kier molecular flexibility index (Phi) is 4.02. The smallest absolute Gasteiger partial charge is 0.265 e. The molecule has 6 nitrogen and oxygen atoms in total. The summed E-state index contributed by atoms with van der Waals surface area (Å²) in [5.41, 5.74) is 6.75. The summed E-state index contributed by atoms with van der Waals surface area (Å²) in [4.78, 5) is 24.2. The Labute approximate surface area is 129 Å². The van der Waals surface area contributed by atoms with Gasteiger partial charge in [0, 0.05) is 6.04 Å². The number of anilines is 1. The van der Waals surface area contributed by atoms with Crippen molar-refractivity contribution in [2.24, 2.45) is 11.7 Å². The topological polar surface area (TPSA) is 93.4 Å². The number of fused-ring (bicyclic) bond motifs is 1. The number of carbonyl (C=O) groups excluding carboxylic acids is 2. The summed E-state index contributed by atoms with van der Waals surface area (Å²) >= 11 is 0. The summed E-state index contributed by atoms with van der Waals surface area (Å²) in [6.07, 6.45) is 2.49. The van der Waals surface area contributed by atoms with Crippen LogP contribution < -0.4 is 21.1 Å². The van der Waals surface area contributed by atoms with Crippen molar-refractivity contribution in [3.05, 3.63) is 23.8 Å². The van der Waals surface area contributed by atoms with E-state index < -0.39 is 6.10 Å². The third-order valence-electron chi connectivity index (χ3n) is 4.46. The summed E-state index contributed by atoms with van der Waals surface area (Å²) in [7, 11) is 0. The van der Waals surface area contributed by atoms with Crippen molar-refractivity contribution in [2.75, 3.05) is 11.9 Å². The van der Waals surface area contributed by atoms with Crippen molar-refractivity contribution in [1.29, 1.82) is 0 Å². The van der Waals surface area contributed by atoms with Gasteiger partial charge < -0.3 is 21.1 Å². The average molecular weight is 303 g/mol. The highest BCUT2D eigenvalue weighted by atomic mass is 16.5. The van der Waals surface area contributed by atoms with Gasteiger partial charge in [0.15, 0.2) is 11.9 Å². The SMILES string of the molecule is CC1Oc2c(cccc2C(=O)NC2CCCC2CN)NC1=O. The highest BCUT2D eigenvalue weighted by Gasteiger charge is 2.31. The Morgan fingerprint density at radius 2 is 2.27 bits per heavy atom. The normalized spacial score (nSPS) is 26.8. The number of amides is 2. The molecule has 6 heteroatoms. The molecule has 2 amide bonds. The summed E-state index contributed by atoms with van der Waals surface area (Å²) in [6, 6.07) is 5.30. The number of hydrogen-bond acceptors (Lipinski definition) is 4. The van der Waals surface area contributed by atoms with E-state index in [2.05, 4.69) is 10.6 Å². The van der Waals surface area contributed by atoms with Crippen LogP contribution in [0, 0.1) is 5.92 Å². The van der Waals surface area contributed by atoms with E-state index in [0.717, 1.165) is 19.3 Å². The van der Waals surface area contributed by atoms with Crippen molar-refractivity contribution in [2.45, 2.75) is 38.3 Å². The van der Waals surface area contributed by atoms with Crippen LogP contribution in [0.5, 0.6) is 5.75 Å². The lowest BCUT2D eigenvalue weighted by molar-refractivity contribution is -0.122. The van der Waals surface area contributed by atoms with E-state index >= 15 is 0 Å². The maximum atomic E-state index is 12.6. The molecule has 0 aromatic heterocycles. The Balaban J connectivity index is 1.82. The van der Waals surface area contributed by atoms with E-state index in [1.165, 1.54) is 0 Å². The third-order valence-corrected chi connectivity index (χ3v) is 4.46. The molecule has 4 N–H and O–H groups in total. The molecule has 0 spiro atoms. The fourth-order valence-corrected chi connectivity index (χ4v) is 3.16. The molecule has 118 valence electrons. The van der Waals surface area contributed by atoms with Gasteiger partial charge in [0.2, 0.25) is 0 Å². The molecule has 1 fully saturated rings. The first-order valence-electron chi connectivity index (χ1n) is 7.71. The molecular weight excluding hydrogens is 282 g/mol. The number of para-hydroxylation sites is 1. The maximum Gasteiger partial charge on any atom is 0.265 e. The lowest BCUT2D eigenvalue weighted by Crippen LogP contribution is -2.41. The predicted octanol–water partition coefficient (Wildman–Crippen LogP) is 1.26. The molecule has 0 saturated heterocycles. The Hall–Kier alpha value is -2.08. The van der Waals surface area contributed by atoms with E-state index in [1.54, 1.807) is 25.1 Å². The van der Waals surface area contributed by atoms with Crippen molar-refractivity contribution in [3.8, 4) is 5.75 Å². The zero-order valence-electron chi connectivity index (χ0n) is 12.6. The van der Waals surface area contributed by atoms with Crippen molar-refractivity contribution >= 4 is 17.5 Å². The summed E-state index contributed by atoms with van der Waals surface area (Å²) in [5.74, 6) is 0.395. The number of rotatable bonds is 3. The molecule has 1 aliphatic carbocycles. The first-order chi connectivity index (χ1) is 10.6. The van der Waals surface area contributed by atoms with Crippen LogP contribution in [-0.2, 0) is 4.79 Å². The van der Waals surface area contributed by atoms with E-state index in [-0.39, 0.29) is 17.9 Å². The zero-order chi connectivity index (χ0) is 15.7. The third kappa shape index (κ3) is 2.66. The van der Waals surface area contributed by atoms with Gasteiger partial charge >= 0.3 is 0 Å². The van der Waals surface area contributed by atoms with Crippen LogP contribution in [0.4, 0.5) is 5.69 Å². The molecule has 1 saturated carbocycles. The quantitative estimate of drug-likeness (QED) is 0.783. The summed E-state index contributed by atoms with van der Waals surface area (Å²) in [5, 5.41) is 5.82. The van der Waals surface area contributed by atoms with E-state index in [0.29, 0.717) is 29.5 Å². The minimum Gasteiger partial charge on any atom is -0.478 e. The van der Waals surface area contributed by atoms with E-state index in [4.69, 9.17) is 10.5 Å². The molecule has 3 atom stereocenters. The second-order valence-electron chi connectivity index (χ2n) is 5.94. The van der Waals surface area contributed by atoms with Gasteiger partial charge in [-0.15, -0.1) is 0 Å². The van der Waals surface area contributed by atoms with Crippen LogP contribution in [0.1, 0.15) is 36.5 Å². The van der Waals surface area contributed by atoms with E-state index in [1.807, 2.05) is 0 Å². The number of benzene rings is 1.